The van der Waals surface area contributed by atoms with Crippen LogP contribution in [-0.4, -0.2) is 4.57 Å². The summed E-state index contributed by atoms with van der Waals surface area (Å²) < 4.78 is 8.65. The monoisotopic (exact) mass is 377 g/mol. The second-order valence-corrected chi connectivity index (χ2v) is 6.52. The van der Waals surface area contributed by atoms with Crippen molar-refractivity contribution in [3.63, 3.8) is 0 Å². The van der Waals surface area contributed by atoms with E-state index in [0.29, 0.717) is 5.58 Å². The van der Waals surface area contributed by atoms with Crippen LogP contribution in [0.15, 0.2) is 57.6 Å². The molecule has 0 amide bonds. The number of benzene rings is 2. The van der Waals surface area contributed by atoms with Crippen molar-refractivity contribution in [3.8, 4) is 17.2 Å². The van der Waals surface area contributed by atoms with Gasteiger partial charge in [-0.25, -0.2) is 0 Å². The van der Waals surface area contributed by atoms with Crippen molar-refractivity contribution >= 4 is 37.8 Å². The molecule has 0 aliphatic carbocycles. The molecule has 2 aromatic heterocycles. The predicted molar refractivity (Wildman–Crippen MR) is 96.4 cm³/mol. The number of fused-ring (bicyclic) bond motifs is 3. The van der Waals surface area contributed by atoms with E-state index in [1.807, 2.05) is 60.3 Å². The quantitative estimate of drug-likeness (QED) is 0.522. The molecule has 4 nitrogen and oxygen atoms in total. The molecule has 0 radical (unpaired) electrons. The first-order valence-electron chi connectivity index (χ1n) is 7.35. The fourth-order valence-corrected chi connectivity index (χ4v) is 3.48. The summed E-state index contributed by atoms with van der Waals surface area (Å²) in [5, 5.41) is 19.5. The highest BCUT2D eigenvalue weighted by atomic mass is 79.9. The van der Waals surface area contributed by atoms with Gasteiger partial charge < -0.3 is 8.98 Å². The summed E-state index contributed by atoms with van der Waals surface area (Å²) in [7, 11) is 1.97. The fraction of sp³-hybridized carbons (Fsp3) is 0.0526. The third-order valence-corrected chi connectivity index (χ3v) is 4.69. The third kappa shape index (κ3) is 2.08. The van der Waals surface area contributed by atoms with Crippen molar-refractivity contribution < 1.29 is 4.42 Å². The molecule has 4 aromatic rings. The fourth-order valence-electron chi connectivity index (χ4n) is 3.08. The van der Waals surface area contributed by atoms with E-state index in [1.54, 1.807) is 0 Å². The summed E-state index contributed by atoms with van der Waals surface area (Å²) in [5.74, 6) is 0. The van der Waals surface area contributed by atoms with Crippen LogP contribution in [0.5, 0.6) is 0 Å². The molecule has 24 heavy (non-hydrogen) atoms. The van der Waals surface area contributed by atoms with Gasteiger partial charge in [-0.3, -0.25) is 5.41 Å². The Morgan fingerprint density at radius 1 is 1.17 bits per heavy atom. The smallest absolute Gasteiger partial charge is 0.230 e. The minimum absolute atomic E-state index is 0.115. The molecule has 1 N–H and O–H groups in total. The van der Waals surface area contributed by atoms with E-state index in [1.165, 1.54) is 0 Å². The number of aryl methyl sites for hydroxylation is 1. The van der Waals surface area contributed by atoms with Crippen molar-refractivity contribution in [1.29, 1.82) is 10.7 Å². The van der Waals surface area contributed by atoms with Gasteiger partial charge in [-0.2, -0.15) is 5.26 Å². The summed E-state index contributed by atoms with van der Waals surface area (Å²) in [5.41, 5.74) is 3.40. The Balaban J connectivity index is 2.24. The molecular formula is C19H12BrN3O. The lowest BCUT2D eigenvalue weighted by molar-refractivity contribution is 0.534. The first kappa shape index (κ1) is 14.7. The van der Waals surface area contributed by atoms with Crippen LogP contribution in [-0.2, 0) is 7.05 Å². The number of aromatic nitrogens is 1. The molecule has 0 bridgehead atoms. The molecule has 0 saturated carbocycles. The van der Waals surface area contributed by atoms with Gasteiger partial charge in [0.25, 0.3) is 0 Å². The van der Waals surface area contributed by atoms with Crippen LogP contribution in [0.3, 0.4) is 0 Å². The number of hydrogen-bond donors (Lipinski definition) is 1. The van der Waals surface area contributed by atoms with E-state index in [9.17, 15) is 5.26 Å². The maximum Gasteiger partial charge on any atom is 0.230 e. The molecular weight excluding hydrogens is 366 g/mol. The number of hydrogen-bond acceptors (Lipinski definition) is 3. The molecule has 0 spiro atoms. The van der Waals surface area contributed by atoms with E-state index < -0.39 is 0 Å². The second kappa shape index (κ2) is 5.36. The zero-order valence-electron chi connectivity index (χ0n) is 12.8. The number of rotatable bonds is 1. The Morgan fingerprint density at radius 2 is 2.00 bits per heavy atom. The van der Waals surface area contributed by atoms with Crippen molar-refractivity contribution in [3.05, 3.63) is 64.3 Å². The lowest BCUT2D eigenvalue weighted by Gasteiger charge is -2.10. The summed E-state index contributed by atoms with van der Waals surface area (Å²) in [6, 6.07) is 15.8. The molecule has 2 aromatic carbocycles. The molecule has 116 valence electrons. The topological polar surface area (TPSA) is 65.7 Å². The second-order valence-electron chi connectivity index (χ2n) is 5.61. The SMILES string of the molecule is Cn1ccc2c3oc(=N)c(C#N)c(-c4cccc(Br)c4)c3ccc21. The minimum Gasteiger partial charge on any atom is -0.437 e. The maximum atomic E-state index is 9.56. The van der Waals surface area contributed by atoms with E-state index in [0.717, 1.165) is 31.9 Å². The van der Waals surface area contributed by atoms with Gasteiger partial charge in [-0.05, 0) is 35.9 Å². The van der Waals surface area contributed by atoms with Gasteiger partial charge in [0, 0.05) is 34.1 Å². The molecule has 0 fully saturated rings. The van der Waals surface area contributed by atoms with Gasteiger partial charge in [-0.1, -0.05) is 28.1 Å². The van der Waals surface area contributed by atoms with Crippen LogP contribution in [0.4, 0.5) is 0 Å². The number of nitrogens with zero attached hydrogens (tertiary/aromatic N) is 2. The molecule has 0 saturated heterocycles. The average Bonchev–Trinajstić information content (AvgIpc) is 2.95. The predicted octanol–water partition coefficient (Wildman–Crippen LogP) is 4.71. The Labute approximate surface area is 146 Å². The van der Waals surface area contributed by atoms with Crippen molar-refractivity contribution in [2.45, 2.75) is 0 Å². The van der Waals surface area contributed by atoms with Crippen LogP contribution in [0, 0.1) is 16.7 Å². The summed E-state index contributed by atoms with van der Waals surface area (Å²) in [4.78, 5) is 0. The van der Waals surface area contributed by atoms with Crippen LogP contribution in [0.2, 0.25) is 0 Å². The van der Waals surface area contributed by atoms with Gasteiger partial charge in [-0.15, -0.1) is 0 Å². The highest BCUT2D eigenvalue weighted by Crippen LogP contribution is 2.35. The van der Waals surface area contributed by atoms with Gasteiger partial charge in [0.1, 0.15) is 17.2 Å². The Morgan fingerprint density at radius 3 is 2.75 bits per heavy atom. The first-order chi connectivity index (χ1) is 11.6. The molecule has 5 heteroatoms. The van der Waals surface area contributed by atoms with E-state index in [4.69, 9.17) is 9.83 Å². The van der Waals surface area contributed by atoms with Gasteiger partial charge >= 0.3 is 0 Å². The van der Waals surface area contributed by atoms with E-state index in [2.05, 4.69) is 22.0 Å². The number of nitriles is 1. The third-order valence-electron chi connectivity index (χ3n) is 4.19. The van der Waals surface area contributed by atoms with Gasteiger partial charge in [0.15, 0.2) is 0 Å². The molecule has 0 aliphatic rings. The largest absolute Gasteiger partial charge is 0.437 e. The van der Waals surface area contributed by atoms with Crippen molar-refractivity contribution in [2.75, 3.05) is 0 Å². The maximum absolute atomic E-state index is 9.56. The Kier molecular flexibility index (Phi) is 3.29. The Bertz CT molecular complexity index is 1210. The molecule has 2 heterocycles. The average molecular weight is 378 g/mol. The highest BCUT2D eigenvalue weighted by molar-refractivity contribution is 9.10. The van der Waals surface area contributed by atoms with E-state index in [-0.39, 0.29) is 11.1 Å². The number of halogens is 1. The summed E-state index contributed by atoms with van der Waals surface area (Å²) >= 11 is 3.48. The molecule has 0 unspecified atom stereocenters. The van der Waals surface area contributed by atoms with Crippen LogP contribution < -0.4 is 5.55 Å². The lowest BCUT2D eigenvalue weighted by atomic mass is 9.96. The molecule has 0 aliphatic heterocycles. The van der Waals surface area contributed by atoms with Crippen LogP contribution in [0.1, 0.15) is 5.56 Å². The van der Waals surface area contributed by atoms with Gasteiger partial charge in [0.2, 0.25) is 5.55 Å². The van der Waals surface area contributed by atoms with Crippen LogP contribution >= 0.6 is 15.9 Å². The van der Waals surface area contributed by atoms with Crippen molar-refractivity contribution in [2.24, 2.45) is 7.05 Å². The molecule has 0 atom stereocenters. The standard InChI is InChI=1S/C19H12BrN3O/c1-23-8-7-13-16(23)6-5-14-17(11-3-2-4-12(20)9-11)15(10-21)19(22)24-18(13)14/h2-9,22H,1H3. The first-order valence-corrected chi connectivity index (χ1v) is 8.15. The van der Waals surface area contributed by atoms with Gasteiger partial charge in [0.05, 0.1) is 5.52 Å². The minimum atomic E-state index is -0.115. The lowest BCUT2D eigenvalue weighted by Crippen LogP contribution is -2.07. The van der Waals surface area contributed by atoms with E-state index >= 15 is 0 Å². The molecule has 4 rings (SSSR count). The normalized spacial score (nSPS) is 11.0. The van der Waals surface area contributed by atoms with Crippen molar-refractivity contribution in [1.82, 2.24) is 4.57 Å². The highest BCUT2D eigenvalue weighted by Gasteiger charge is 2.17. The van der Waals surface area contributed by atoms with Crippen LogP contribution in [0.25, 0.3) is 33.0 Å². The zero-order chi connectivity index (χ0) is 16.8. The number of nitrogens with one attached hydrogen (secondary N) is 1. The zero-order valence-corrected chi connectivity index (χ0v) is 14.4. The summed E-state index contributed by atoms with van der Waals surface area (Å²) in [6.45, 7) is 0. The Hall–Kier alpha value is -2.84. The summed E-state index contributed by atoms with van der Waals surface area (Å²) in [6.07, 6.45) is 1.96.